The summed E-state index contributed by atoms with van der Waals surface area (Å²) >= 11 is 0. The van der Waals surface area contributed by atoms with Gasteiger partial charge in [-0.1, -0.05) is 24.3 Å². The first kappa shape index (κ1) is 14.9. The number of carbonyl (C=O) groups is 2. The Hall–Kier alpha value is -3.02. The third-order valence-electron chi connectivity index (χ3n) is 3.88. The topological polar surface area (TPSA) is 80.5 Å². The van der Waals surface area contributed by atoms with Crippen molar-refractivity contribution in [2.45, 2.75) is 19.4 Å². The molecule has 23 heavy (non-hydrogen) atoms. The van der Waals surface area contributed by atoms with Crippen molar-refractivity contribution in [2.24, 2.45) is 0 Å². The predicted octanol–water partition coefficient (Wildman–Crippen LogP) is 2.69. The van der Waals surface area contributed by atoms with Crippen molar-refractivity contribution in [3.63, 3.8) is 0 Å². The minimum atomic E-state index is -0.680. The summed E-state index contributed by atoms with van der Waals surface area (Å²) in [6.45, 7) is 1.54. The van der Waals surface area contributed by atoms with Crippen molar-refractivity contribution in [1.82, 2.24) is 0 Å². The van der Waals surface area contributed by atoms with Gasteiger partial charge in [0.15, 0.2) is 0 Å². The van der Waals surface area contributed by atoms with Crippen LogP contribution in [0.5, 0.6) is 0 Å². The fourth-order valence-electron chi connectivity index (χ4n) is 2.62. The number of imide groups is 1. The van der Waals surface area contributed by atoms with Crippen LogP contribution >= 0.6 is 0 Å². The lowest BCUT2D eigenvalue weighted by Crippen LogP contribution is -2.29. The van der Waals surface area contributed by atoms with Crippen molar-refractivity contribution >= 4 is 17.5 Å². The maximum atomic E-state index is 12.4. The van der Waals surface area contributed by atoms with Crippen LogP contribution in [-0.4, -0.2) is 22.8 Å². The molecule has 0 fully saturated rings. The molecule has 0 radical (unpaired) electrons. The highest BCUT2D eigenvalue weighted by molar-refractivity contribution is 6.34. The van der Waals surface area contributed by atoms with E-state index in [0.717, 1.165) is 10.5 Å². The van der Waals surface area contributed by atoms with E-state index in [1.165, 1.54) is 6.92 Å². The van der Waals surface area contributed by atoms with Gasteiger partial charge in [-0.2, -0.15) is 0 Å². The Bertz CT molecular complexity index is 763. The van der Waals surface area contributed by atoms with E-state index in [1.807, 2.05) is 0 Å². The van der Waals surface area contributed by atoms with Gasteiger partial charge in [0.25, 0.3) is 11.8 Å². The SMILES string of the molecule is CC(Cc1ccc(N2C(=O)c3ccccc3C2=O)cc1)[N+](=O)[O-]. The Labute approximate surface area is 132 Å². The number of amides is 2. The van der Waals surface area contributed by atoms with E-state index >= 15 is 0 Å². The molecule has 0 aromatic heterocycles. The van der Waals surface area contributed by atoms with Crippen molar-refractivity contribution < 1.29 is 14.5 Å². The Morgan fingerprint density at radius 1 is 1.00 bits per heavy atom. The largest absolute Gasteiger partial charge is 0.268 e. The van der Waals surface area contributed by atoms with Crippen molar-refractivity contribution in [2.75, 3.05) is 4.90 Å². The van der Waals surface area contributed by atoms with E-state index in [0.29, 0.717) is 23.2 Å². The number of hydrogen-bond acceptors (Lipinski definition) is 4. The first-order valence-corrected chi connectivity index (χ1v) is 7.19. The van der Waals surface area contributed by atoms with Crippen LogP contribution in [0.3, 0.4) is 0 Å². The summed E-state index contributed by atoms with van der Waals surface area (Å²) in [6, 6.07) is 12.7. The molecule has 2 aromatic rings. The van der Waals surface area contributed by atoms with Crippen LogP contribution in [0.2, 0.25) is 0 Å². The van der Waals surface area contributed by atoms with E-state index in [4.69, 9.17) is 0 Å². The molecule has 0 saturated carbocycles. The number of anilines is 1. The second kappa shape index (κ2) is 5.64. The van der Waals surface area contributed by atoms with Gasteiger partial charge in [0.2, 0.25) is 6.04 Å². The minimum Gasteiger partial charge on any atom is -0.268 e. The number of benzene rings is 2. The molecular weight excluding hydrogens is 296 g/mol. The van der Waals surface area contributed by atoms with Crippen molar-refractivity contribution in [1.29, 1.82) is 0 Å². The van der Waals surface area contributed by atoms with E-state index in [1.54, 1.807) is 48.5 Å². The third kappa shape index (κ3) is 2.59. The lowest BCUT2D eigenvalue weighted by atomic mass is 10.1. The first-order valence-electron chi connectivity index (χ1n) is 7.19. The van der Waals surface area contributed by atoms with Gasteiger partial charge in [-0.3, -0.25) is 19.7 Å². The highest BCUT2D eigenvalue weighted by Gasteiger charge is 2.36. The van der Waals surface area contributed by atoms with Gasteiger partial charge >= 0.3 is 0 Å². The second-order valence-electron chi connectivity index (χ2n) is 5.50. The Kier molecular flexibility index (Phi) is 3.65. The molecule has 116 valence electrons. The molecule has 2 amide bonds. The molecule has 6 nitrogen and oxygen atoms in total. The Morgan fingerprint density at radius 3 is 2.00 bits per heavy atom. The molecular formula is C17H14N2O4. The molecule has 2 aromatic carbocycles. The average molecular weight is 310 g/mol. The van der Waals surface area contributed by atoms with E-state index < -0.39 is 6.04 Å². The molecule has 1 aliphatic rings. The molecule has 0 bridgehead atoms. The van der Waals surface area contributed by atoms with Gasteiger partial charge in [0.1, 0.15) is 0 Å². The summed E-state index contributed by atoms with van der Waals surface area (Å²) in [5.41, 5.74) is 2.04. The van der Waals surface area contributed by atoms with Gasteiger partial charge < -0.3 is 0 Å². The maximum Gasteiger partial charge on any atom is 0.266 e. The summed E-state index contributed by atoms with van der Waals surface area (Å²) in [4.78, 5) is 36.2. The number of rotatable bonds is 4. The molecule has 0 spiro atoms. The number of fused-ring (bicyclic) bond motifs is 1. The van der Waals surface area contributed by atoms with Crippen LogP contribution in [-0.2, 0) is 6.42 Å². The van der Waals surface area contributed by atoms with Crippen LogP contribution in [0.4, 0.5) is 5.69 Å². The zero-order valence-electron chi connectivity index (χ0n) is 12.4. The molecule has 0 N–H and O–H groups in total. The molecule has 3 rings (SSSR count). The van der Waals surface area contributed by atoms with E-state index in [9.17, 15) is 19.7 Å². The summed E-state index contributed by atoms with van der Waals surface area (Å²) < 4.78 is 0. The smallest absolute Gasteiger partial charge is 0.266 e. The third-order valence-corrected chi connectivity index (χ3v) is 3.88. The minimum absolute atomic E-state index is 0.301. The van der Waals surface area contributed by atoms with Gasteiger partial charge in [-0.05, 0) is 29.8 Å². The maximum absolute atomic E-state index is 12.4. The van der Waals surface area contributed by atoms with Crippen LogP contribution in [0.1, 0.15) is 33.2 Å². The fourth-order valence-corrected chi connectivity index (χ4v) is 2.62. The second-order valence-corrected chi connectivity index (χ2v) is 5.50. The molecule has 1 unspecified atom stereocenters. The quantitative estimate of drug-likeness (QED) is 0.494. The van der Waals surface area contributed by atoms with E-state index in [2.05, 4.69) is 0 Å². The Morgan fingerprint density at radius 2 is 1.52 bits per heavy atom. The number of hydrogen-bond donors (Lipinski definition) is 0. The molecule has 1 heterocycles. The van der Waals surface area contributed by atoms with E-state index in [-0.39, 0.29) is 16.7 Å². The molecule has 0 aliphatic carbocycles. The van der Waals surface area contributed by atoms with Gasteiger partial charge in [0.05, 0.1) is 16.8 Å². The van der Waals surface area contributed by atoms with Crippen LogP contribution in [0.15, 0.2) is 48.5 Å². The Balaban J connectivity index is 1.85. The van der Waals surface area contributed by atoms with Crippen LogP contribution in [0.25, 0.3) is 0 Å². The summed E-state index contributed by atoms with van der Waals surface area (Å²) in [5, 5.41) is 10.7. The standard InChI is InChI=1S/C17H14N2O4/c1-11(19(22)23)10-12-6-8-13(9-7-12)18-16(20)14-4-2-3-5-15(14)17(18)21/h2-9,11H,10H2,1H3. The number of nitro groups is 1. The molecule has 0 saturated heterocycles. The molecule has 1 aliphatic heterocycles. The summed E-state index contributed by atoms with van der Waals surface area (Å²) in [6.07, 6.45) is 0.301. The fraction of sp³-hybridized carbons (Fsp3) is 0.176. The van der Waals surface area contributed by atoms with Gasteiger partial charge in [0, 0.05) is 18.3 Å². The number of carbonyl (C=O) groups excluding carboxylic acids is 2. The van der Waals surface area contributed by atoms with Gasteiger partial charge in [-0.25, -0.2) is 4.90 Å². The predicted molar refractivity (Wildman–Crippen MR) is 84.2 cm³/mol. The monoisotopic (exact) mass is 310 g/mol. The first-order chi connectivity index (χ1) is 11.0. The molecule has 6 heteroatoms. The van der Waals surface area contributed by atoms with Crippen LogP contribution < -0.4 is 4.90 Å². The van der Waals surface area contributed by atoms with Crippen molar-refractivity contribution in [3.05, 3.63) is 75.3 Å². The van der Waals surface area contributed by atoms with Gasteiger partial charge in [-0.15, -0.1) is 0 Å². The number of nitrogens with zero attached hydrogens (tertiary/aromatic N) is 2. The normalized spacial score (nSPS) is 14.7. The lowest BCUT2D eigenvalue weighted by Gasteiger charge is -2.14. The zero-order chi connectivity index (χ0) is 16.6. The highest BCUT2D eigenvalue weighted by atomic mass is 16.6. The van der Waals surface area contributed by atoms with Crippen molar-refractivity contribution in [3.8, 4) is 0 Å². The average Bonchev–Trinajstić information content (AvgIpc) is 2.80. The summed E-state index contributed by atoms with van der Waals surface area (Å²) in [7, 11) is 0. The molecule has 1 atom stereocenters. The lowest BCUT2D eigenvalue weighted by molar-refractivity contribution is -0.517. The highest BCUT2D eigenvalue weighted by Crippen LogP contribution is 2.28. The summed E-state index contributed by atoms with van der Waals surface area (Å²) in [5.74, 6) is -0.700. The van der Waals surface area contributed by atoms with Crippen LogP contribution in [0, 0.1) is 10.1 Å². The zero-order valence-corrected chi connectivity index (χ0v) is 12.4.